The molecule has 18 heavy (non-hydrogen) atoms. The number of nitrogens with zero attached hydrogens (tertiary/aromatic N) is 2. The van der Waals surface area contributed by atoms with Crippen molar-refractivity contribution in [2.75, 3.05) is 32.7 Å². The van der Waals surface area contributed by atoms with E-state index in [1.54, 1.807) is 0 Å². The van der Waals surface area contributed by atoms with E-state index >= 15 is 0 Å². The van der Waals surface area contributed by atoms with Crippen LogP contribution in [0.4, 0.5) is 0 Å². The average molecular weight is 251 g/mol. The third-order valence-electron chi connectivity index (χ3n) is 4.80. The lowest BCUT2D eigenvalue weighted by atomic mass is 9.93. The van der Waals surface area contributed by atoms with Gasteiger partial charge < -0.3 is 15.1 Å². The number of piperidine rings is 1. The summed E-state index contributed by atoms with van der Waals surface area (Å²) in [5, 5.41) is 3.77. The molecule has 1 amide bonds. The molecule has 3 aliphatic rings. The van der Waals surface area contributed by atoms with Crippen molar-refractivity contribution in [2.45, 2.75) is 44.7 Å². The van der Waals surface area contributed by atoms with Crippen LogP contribution in [0, 0.1) is 5.92 Å². The van der Waals surface area contributed by atoms with Gasteiger partial charge in [0.25, 0.3) is 0 Å². The normalized spacial score (nSPS) is 37.3. The number of fused-ring (bicyclic) bond motifs is 2. The number of amides is 1. The molecular weight excluding hydrogens is 226 g/mol. The largest absolute Gasteiger partial charge is 0.341 e. The molecule has 102 valence electrons. The Hall–Kier alpha value is -0.610. The molecule has 1 N–H and O–H groups in total. The number of likely N-dealkylation sites (tertiary alicyclic amines) is 1. The van der Waals surface area contributed by atoms with Crippen molar-refractivity contribution in [2.24, 2.45) is 5.92 Å². The first-order valence-corrected chi connectivity index (χ1v) is 7.48. The Morgan fingerprint density at radius 1 is 1.33 bits per heavy atom. The molecule has 0 saturated carbocycles. The van der Waals surface area contributed by atoms with Gasteiger partial charge in [-0.2, -0.15) is 0 Å². The van der Waals surface area contributed by atoms with E-state index in [0.29, 0.717) is 18.0 Å². The number of nitrogens with one attached hydrogen (secondary N) is 1. The molecule has 2 bridgehead atoms. The summed E-state index contributed by atoms with van der Waals surface area (Å²) in [6, 6.07) is 1.11. The van der Waals surface area contributed by atoms with Crippen molar-refractivity contribution < 1.29 is 4.79 Å². The van der Waals surface area contributed by atoms with Crippen LogP contribution in [0.1, 0.15) is 32.6 Å². The molecule has 0 spiro atoms. The quantitative estimate of drug-likeness (QED) is 0.798. The van der Waals surface area contributed by atoms with Crippen LogP contribution in [-0.4, -0.2) is 60.5 Å². The van der Waals surface area contributed by atoms with Crippen LogP contribution in [0.2, 0.25) is 0 Å². The highest BCUT2D eigenvalue weighted by Gasteiger charge is 2.34. The molecule has 0 aromatic rings. The van der Waals surface area contributed by atoms with E-state index in [9.17, 15) is 4.79 Å². The van der Waals surface area contributed by atoms with Crippen LogP contribution in [0.3, 0.4) is 0 Å². The molecule has 4 nitrogen and oxygen atoms in total. The summed E-state index contributed by atoms with van der Waals surface area (Å²) in [6.07, 6.45) is 4.44. The van der Waals surface area contributed by atoms with Crippen molar-refractivity contribution in [1.82, 2.24) is 15.1 Å². The predicted molar refractivity (Wildman–Crippen MR) is 71.4 cm³/mol. The summed E-state index contributed by atoms with van der Waals surface area (Å²) in [5.41, 5.74) is 0. The summed E-state index contributed by atoms with van der Waals surface area (Å²) in [5.74, 6) is 1.19. The van der Waals surface area contributed by atoms with E-state index < -0.39 is 0 Å². The van der Waals surface area contributed by atoms with E-state index in [1.807, 2.05) is 4.90 Å². The molecule has 0 aliphatic carbocycles. The SMILES string of the molecule is CC(CN1CCCC1=O)NC1CCN2CCC1C2. The zero-order valence-electron chi connectivity index (χ0n) is 11.4. The minimum atomic E-state index is 0.347. The summed E-state index contributed by atoms with van der Waals surface area (Å²) >= 11 is 0. The van der Waals surface area contributed by atoms with Gasteiger partial charge in [-0.05, 0) is 45.2 Å². The Labute approximate surface area is 110 Å². The fraction of sp³-hybridized carbons (Fsp3) is 0.929. The Balaban J connectivity index is 1.48. The van der Waals surface area contributed by atoms with Crippen LogP contribution in [0.5, 0.6) is 0 Å². The van der Waals surface area contributed by atoms with Gasteiger partial charge in [-0.15, -0.1) is 0 Å². The molecular formula is C14H25N3O. The number of carbonyl (C=O) groups is 1. The second kappa shape index (κ2) is 5.17. The third kappa shape index (κ3) is 2.54. The lowest BCUT2D eigenvalue weighted by Gasteiger charge is -2.34. The van der Waals surface area contributed by atoms with Crippen LogP contribution in [0.15, 0.2) is 0 Å². The van der Waals surface area contributed by atoms with Crippen LogP contribution < -0.4 is 5.32 Å². The van der Waals surface area contributed by atoms with Gasteiger partial charge in [-0.25, -0.2) is 0 Å². The van der Waals surface area contributed by atoms with Gasteiger partial charge in [0.15, 0.2) is 0 Å². The molecule has 3 heterocycles. The minimum Gasteiger partial charge on any atom is -0.341 e. The van der Waals surface area contributed by atoms with E-state index in [1.165, 1.54) is 32.5 Å². The van der Waals surface area contributed by atoms with Crippen molar-refractivity contribution in [1.29, 1.82) is 0 Å². The Morgan fingerprint density at radius 3 is 2.94 bits per heavy atom. The Kier molecular flexibility index (Phi) is 3.57. The fourth-order valence-electron chi connectivity index (χ4n) is 3.82. The molecule has 3 aliphatic heterocycles. The van der Waals surface area contributed by atoms with Crippen molar-refractivity contribution >= 4 is 5.91 Å². The third-order valence-corrected chi connectivity index (χ3v) is 4.80. The first-order valence-electron chi connectivity index (χ1n) is 7.48. The van der Waals surface area contributed by atoms with Crippen molar-refractivity contribution in [3.05, 3.63) is 0 Å². The van der Waals surface area contributed by atoms with Gasteiger partial charge in [0.1, 0.15) is 0 Å². The highest BCUT2D eigenvalue weighted by Crippen LogP contribution is 2.27. The summed E-state index contributed by atoms with van der Waals surface area (Å²) in [7, 11) is 0. The van der Waals surface area contributed by atoms with Crippen LogP contribution in [0.25, 0.3) is 0 Å². The van der Waals surface area contributed by atoms with E-state index in [4.69, 9.17) is 0 Å². The van der Waals surface area contributed by atoms with Gasteiger partial charge >= 0.3 is 0 Å². The fourth-order valence-corrected chi connectivity index (χ4v) is 3.82. The maximum atomic E-state index is 11.6. The lowest BCUT2D eigenvalue weighted by molar-refractivity contribution is -0.128. The van der Waals surface area contributed by atoms with Gasteiger partial charge in [0, 0.05) is 38.1 Å². The topological polar surface area (TPSA) is 35.6 Å². The summed E-state index contributed by atoms with van der Waals surface area (Å²) in [4.78, 5) is 16.2. The first-order chi connectivity index (χ1) is 8.72. The predicted octanol–water partition coefficient (Wildman–Crippen LogP) is 0.681. The maximum Gasteiger partial charge on any atom is 0.222 e. The number of rotatable bonds is 4. The summed E-state index contributed by atoms with van der Waals surface area (Å²) < 4.78 is 0. The average Bonchev–Trinajstić information content (AvgIpc) is 2.91. The molecule has 3 rings (SSSR count). The van der Waals surface area contributed by atoms with Crippen LogP contribution >= 0.6 is 0 Å². The lowest BCUT2D eigenvalue weighted by Crippen LogP contribution is -2.50. The standard InChI is InChI=1S/C14H25N3O/c1-11(9-17-6-2-3-14(17)18)15-13-5-8-16-7-4-12(13)10-16/h11-13,15H,2-10H2,1H3. The molecule has 0 aromatic heterocycles. The van der Waals surface area contributed by atoms with E-state index in [2.05, 4.69) is 17.1 Å². The molecule has 4 atom stereocenters. The van der Waals surface area contributed by atoms with Gasteiger partial charge in [-0.1, -0.05) is 0 Å². The van der Waals surface area contributed by atoms with Gasteiger partial charge in [0.2, 0.25) is 5.91 Å². The molecule has 4 unspecified atom stereocenters. The second-order valence-corrected chi connectivity index (χ2v) is 6.26. The number of carbonyl (C=O) groups excluding carboxylic acids is 1. The zero-order valence-corrected chi connectivity index (χ0v) is 11.4. The van der Waals surface area contributed by atoms with Gasteiger partial charge in [-0.3, -0.25) is 4.79 Å². The van der Waals surface area contributed by atoms with E-state index in [0.717, 1.165) is 31.8 Å². The van der Waals surface area contributed by atoms with Crippen molar-refractivity contribution in [3.8, 4) is 0 Å². The molecule has 0 aromatic carbocycles. The summed E-state index contributed by atoms with van der Waals surface area (Å²) in [6.45, 7) is 7.92. The minimum absolute atomic E-state index is 0.347. The number of hydrogen-bond donors (Lipinski definition) is 1. The Morgan fingerprint density at radius 2 is 2.17 bits per heavy atom. The molecule has 3 fully saturated rings. The molecule has 0 radical (unpaired) electrons. The van der Waals surface area contributed by atoms with E-state index in [-0.39, 0.29) is 0 Å². The maximum absolute atomic E-state index is 11.6. The number of hydrogen-bond acceptors (Lipinski definition) is 3. The smallest absolute Gasteiger partial charge is 0.222 e. The molecule has 3 saturated heterocycles. The zero-order chi connectivity index (χ0) is 12.5. The van der Waals surface area contributed by atoms with Gasteiger partial charge in [0.05, 0.1) is 0 Å². The molecule has 4 heteroatoms. The monoisotopic (exact) mass is 251 g/mol. The first kappa shape index (κ1) is 12.4. The highest BCUT2D eigenvalue weighted by molar-refractivity contribution is 5.78. The Bertz CT molecular complexity index is 320. The highest BCUT2D eigenvalue weighted by atomic mass is 16.2. The van der Waals surface area contributed by atoms with Crippen molar-refractivity contribution in [3.63, 3.8) is 0 Å². The second-order valence-electron chi connectivity index (χ2n) is 6.26. The van der Waals surface area contributed by atoms with Crippen LogP contribution in [-0.2, 0) is 4.79 Å².